The predicted molar refractivity (Wildman–Crippen MR) is 76.7 cm³/mol. The molecule has 0 N–H and O–H groups in total. The first-order chi connectivity index (χ1) is 9.52. The van der Waals surface area contributed by atoms with Crippen LogP contribution in [-0.4, -0.2) is 16.1 Å². The number of nitrogens with zero attached hydrogens (tertiary/aromatic N) is 1. The van der Waals surface area contributed by atoms with E-state index in [0.717, 1.165) is 16.6 Å². The van der Waals surface area contributed by atoms with Gasteiger partial charge in [0.1, 0.15) is 5.78 Å². The molecule has 1 heterocycles. The van der Waals surface area contributed by atoms with E-state index in [2.05, 4.69) is 22.9 Å². The van der Waals surface area contributed by atoms with Crippen molar-refractivity contribution in [3.8, 4) is 0 Å². The van der Waals surface area contributed by atoms with Crippen molar-refractivity contribution in [3.05, 3.63) is 35.5 Å². The molecule has 3 nitrogen and oxygen atoms in total. The minimum absolute atomic E-state index is 0.106. The Morgan fingerprint density at radius 2 is 2.10 bits per heavy atom. The monoisotopic (exact) mass is 267 g/mol. The Balaban J connectivity index is 2.10. The van der Waals surface area contributed by atoms with E-state index in [-0.39, 0.29) is 17.5 Å². The van der Waals surface area contributed by atoms with Gasteiger partial charge < -0.3 is 4.57 Å². The van der Waals surface area contributed by atoms with E-state index in [1.807, 2.05) is 20.0 Å². The molecule has 0 radical (unpaired) electrons. The quantitative estimate of drug-likeness (QED) is 0.688. The molecule has 0 spiro atoms. The molecule has 2 atom stereocenters. The van der Waals surface area contributed by atoms with Crippen LogP contribution in [0.3, 0.4) is 0 Å². The topological polar surface area (TPSA) is 39.1 Å². The Hall–Kier alpha value is -1.90. The minimum Gasteiger partial charge on any atom is -0.350 e. The molecule has 2 aliphatic rings. The maximum atomic E-state index is 12.8. The van der Waals surface area contributed by atoms with Crippen molar-refractivity contribution in [1.82, 2.24) is 4.57 Å². The van der Waals surface area contributed by atoms with E-state index in [4.69, 9.17) is 0 Å². The van der Waals surface area contributed by atoms with Crippen LogP contribution in [0.2, 0.25) is 0 Å². The van der Waals surface area contributed by atoms with Gasteiger partial charge in [-0.25, -0.2) is 0 Å². The summed E-state index contributed by atoms with van der Waals surface area (Å²) in [7, 11) is 2.03. The summed E-state index contributed by atoms with van der Waals surface area (Å²) in [5.74, 6) is 0.133. The molecular weight excluding hydrogens is 250 g/mol. The highest BCUT2D eigenvalue weighted by Crippen LogP contribution is 2.47. The number of benzene rings is 1. The number of ketones is 2. The van der Waals surface area contributed by atoms with Crippen LogP contribution in [0.1, 0.15) is 36.8 Å². The van der Waals surface area contributed by atoms with Gasteiger partial charge in [-0.1, -0.05) is 12.1 Å². The van der Waals surface area contributed by atoms with E-state index in [9.17, 15) is 9.59 Å². The smallest absolute Gasteiger partial charge is 0.153 e. The fourth-order valence-corrected chi connectivity index (χ4v) is 4.06. The molecular formula is C17H17NO2. The van der Waals surface area contributed by atoms with Crippen molar-refractivity contribution in [2.45, 2.75) is 32.1 Å². The van der Waals surface area contributed by atoms with Crippen LogP contribution >= 0.6 is 0 Å². The van der Waals surface area contributed by atoms with Gasteiger partial charge in [0.25, 0.3) is 0 Å². The van der Waals surface area contributed by atoms with Crippen LogP contribution in [0.5, 0.6) is 0 Å². The van der Waals surface area contributed by atoms with Crippen molar-refractivity contribution in [3.63, 3.8) is 0 Å². The zero-order chi connectivity index (χ0) is 14.1. The van der Waals surface area contributed by atoms with Crippen LogP contribution in [0, 0.1) is 5.41 Å². The third-order valence-corrected chi connectivity index (χ3v) is 5.18. The average Bonchev–Trinajstić information content (AvgIpc) is 2.71. The first kappa shape index (κ1) is 11.9. The van der Waals surface area contributed by atoms with E-state index in [1.54, 1.807) is 0 Å². The number of hydrogen-bond acceptors (Lipinski definition) is 2. The number of aromatic nitrogens is 1. The fourth-order valence-electron chi connectivity index (χ4n) is 4.06. The van der Waals surface area contributed by atoms with Gasteiger partial charge in [-0.05, 0) is 37.0 Å². The largest absolute Gasteiger partial charge is 0.350 e. The summed E-state index contributed by atoms with van der Waals surface area (Å²) >= 11 is 0. The number of hydrogen-bond donors (Lipinski definition) is 0. The first-order valence-corrected chi connectivity index (χ1v) is 7.17. The summed E-state index contributed by atoms with van der Waals surface area (Å²) in [6, 6.07) is 6.18. The van der Waals surface area contributed by atoms with E-state index in [0.29, 0.717) is 19.3 Å². The molecule has 102 valence electrons. The lowest BCUT2D eigenvalue weighted by molar-refractivity contribution is -0.143. The lowest BCUT2D eigenvalue weighted by atomic mass is 9.66. The highest BCUT2D eigenvalue weighted by Gasteiger charge is 2.50. The standard InChI is InChI=1S/C17H17NO2/c1-17-8-10-9-18(2)13-5-3-4-11(15(10)13)12(16(17)20)6-7-14(17)19/h3-5,9,12H,6-8H2,1-2H3/t12-,17-/m0/s1. The number of Topliss-reactive ketones (excluding diaryl/α,β-unsaturated/α-hetero) is 2. The molecule has 0 saturated heterocycles. The molecule has 0 unspecified atom stereocenters. The van der Waals surface area contributed by atoms with Crippen LogP contribution in [0.4, 0.5) is 0 Å². The second-order valence-electron chi connectivity index (χ2n) is 6.39. The fraction of sp³-hybridized carbons (Fsp3) is 0.412. The lowest BCUT2D eigenvalue weighted by Gasteiger charge is -2.33. The number of fused-ring (bicyclic) bond motifs is 3. The highest BCUT2D eigenvalue weighted by atomic mass is 16.2. The Kier molecular flexibility index (Phi) is 2.14. The van der Waals surface area contributed by atoms with Crippen molar-refractivity contribution < 1.29 is 9.59 Å². The van der Waals surface area contributed by atoms with E-state index < -0.39 is 5.41 Å². The average molecular weight is 267 g/mol. The van der Waals surface area contributed by atoms with Gasteiger partial charge in [-0.2, -0.15) is 0 Å². The van der Waals surface area contributed by atoms with E-state index >= 15 is 0 Å². The maximum absolute atomic E-state index is 12.8. The molecule has 20 heavy (non-hydrogen) atoms. The molecule has 0 aliphatic heterocycles. The molecule has 4 rings (SSSR count). The zero-order valence-electron chi connectivity index (χ0n) is 11.8. The van der Waals surface area contributed by atoms with Gasteiger partial charge in [-0.3, -0.25) is 9.59 Å². The third kappa shape index (κ3) is 1.25. The molecule has 2 aliphatic carbocycles. The second kappa shape index (κ2) is 3.60. The Morgan fingerprint density at radius 1 is 1.30 bits per heavy atom. The van der Waals surface area contributed by atoms with Gasteiger partial charge in [0.2, 0.25) is 0 Å². The van der Waals surface area contributed by atoms with E-state index in [1.165, 1.54) is 5.39 Å². The Labute approximate surface area is 117 Å². The van der Waals surface area contributed by atoms with Crippen LogP contribution in [-0.2, 0) is 23.1 Å². The summed E-state index contributed by atoms with van der Waals surface area (Å²) < 4.78 is 2.10. The molecule has 1 saturated carbocycles. The molecule has 2 bridgehead atoms. The zero-order valence-corrected chi connectivity index (χ0v) is 11.8. The molecule has 0 amide bonds. The van der Waals surface area contributed by atoms with Crippen molar-refractivity contribution in [1.29, 1.82) is 0 Å². The molecule has 1 aromatic heterocycles. The normalized spacial score (nSPS) is 28.8. The first-order valence-electron chi connectivity index (χ1n) is 7.17. The number of rotatable bonds is 0. The second-order valence-corrected chi connectivity index (χ2v) is 6.39. The predicted octanol–water partition coefficient (Wildman–Crippen LogP) is 2.76. The number of aryl methyl sites for hydroxylation is 1. The summed E-state index contributed by atoms with van der Waals surface area (Å²) in [5.41, 5.74) is 2.61. The van der Waals surface area contributed by atoms with Crippen molar-refractivity contribution in [2.24, 2.45) is 12.5 Å². The summed E-state index contributed by atoms with van der Waals surface area (Å²) in [4.78, 5) is 25.2. The third-order valence-electron chi connectivity index (χ3n) is 5.18. The molecule has 2 aromatic rings. The lowest BCUT2D eigenvalue weighted by Crippen LogP contribution is -2.44. The van der Waals surface area contributed by atoms with Gasteiger partial charge in [0.15, 0.2) is 5.78 Å². The van der Waals surface area contributed by atoms with Crippen LogP contribution in [0.15, 0.2) is 24.4 Å². The van der Waals surface area contributed by atoms with Crippen molar-refractivity contribution in [2.75, 3.05) is 0 Å². The Bertz CT molecular complexity index is 771. The summed E-state index contributed by atoms with van der Waals surface area (Å²) in [6.07, 6.45) is 3.83. The van der Waals surface area contributed by atoms with Gasteiger partial charge >= 0.3 is 0 Å². The van der Waals surface area contributed by atoms with Gasteiger partial charge in [-0.15, -0.1) is 0 Å². The molecule has 3 heteroatoms. The van der Waals surface area contributed by atoms with Crippen molar-refractivity contribution >= 4 is 22.5 Å². The maximum Gasteiger partial charge on any atom is 0.153 e. The molecule has 1 aromatic carbocycles. The summed E-state index contributed by atoms with van der Waals surface area (Å²) in [5, 5.41) is 1.20. The van der Waals surface area contributed by atoms with Gasteiger partial charge in [0.05, 0.1) is 5.41 Å². The highest BCUT2D eigenvalue weighted by molar-refractivity contribution is 6.14. The number of carbonyl (C=O) groups excluding carboxylic acids is 2. The summed E-state index contributed by atoms with van der Waals surface area (Å²) in [6.45, 7) is 1.84. The SMILES string of the molecule is Cn1cc2c3c(cccc31)[C@@H]1CCC(=O)[C@](C)(C2)C1=O. The Morgan fingerprint density at radius 3 is 2.90 bits per heavy atom. The van der Waals surface area contributed by atoms with Crippen LogP contribution in [0.25, 0.3) is 10.9 Å². The minimum atomic E-state index is -0.823. The number of carbonyl (C=O) groups is 2. The molecule has 1 fully saturated rings. The van der Waals surface area contributed by atoms with Crippen LogP contribution < -0.4 is 0 Å². The van der Waals surface area contributed by atoms with Gasteiger partial charge in [0, 0.05) is 36.5 Å².